The van der Waals surface area contributed by atoms with Gasteiger partial charge >= 0.3 is 6.18 Å². The van der Waals surface area contributed by atoms with Gasteiger partial charge in [-0.1, -0.05) is 25.1 Å². The summed E-state index contributed by atoms with van der Waals surface area (Å²) in [6.45, 7) is 2.46. The Balaban J connectivity index is 1.99. The molecule has 2 atom stereocenters. The standard InChI is InChI=1S/C16H15F4N3/c1-10-8-13(11-4-2-3-5-12(11)17)23(9-10)15-21-7-6-14(22-15)16(18,19)20/h2-7,10,13H,8-9H2,1H3/t10-,13-/m1/s1. The van der Waals surface area contributed by atoms with E-state index in [4.69, 9.17) is 0 Å². The summed E-state index contributed by atoms with van der Waals surface area (Å²) in [4.78, 5) is 9.25. The van der Waals surface area contributed by atoms with Crippen LogP contribution >= 0.6 is 0 Å². The number of anilines is 1. The number of hydrogen-bond donors (Lipinski definition) is 0. The molecule has 0 spiro atoms. The molecule has 1 aliphatic heterocycles. The summed E-state index contributed by atoms with van der Waals surface area (Å²) in [6, 6.07) is 6.77. The van der Waals surface area contributed by atoms with Crippen molar-refractivity contribution in [2.45, 2.75) is 25.6 Å². The van der Waals surface area contributed by atoms with Gasteiger partial charge in [-0.25, -0.2) is 14.4 Å². The monoisotopic (exact) mass is 325 g/mol. The average Bonchev–Trinajstić information content (AvgIpc) is 2.89. The fourth-order valence-electron chi connectivity index (χ4n) is 2.95. The molecule has 0 saturated carbocycles. The van der Waals surface area contributed by atoms with Crippen molar-refractivity contribution in [2.75, 3.05) is 11.4 Å². The lowest BCUT2D eigenvalue weighted by Gasteiger charge is -2.25. The SMILES string of the molecule is C[C@@H]1C[C@H](c2ccccc2F)N(c2nccc(C(F)(F)F)n2)C1. The van der Waals surface area contributed by atoms with E-state index >= 15 is 0 Å². The minimum Gasteiger partial charge on any atom is -0.333 e. The fraction of sp³-hybridized carbons (Fsp3) is 0.375. The van der Waals surface area contributed by atoms with Crippen molar-refractivity contribution in [2.24, 2.45) is 5.92 Å². The summed E-state index contributed by atoms with van der Waals surface area (Å²) in [7, 11) is 0. The van der Waals surface area contributed by atoms with E-state index in [9.17, 15) is 17.6 Å². The topological polar surface area (TPSA) is 29.0 Å². The van der Waals surface area contributed by atoms with Crippen molar-refractivity contribution in [3.05, 3.63) is 53.6 Å². The van der Waals surface area contributed by atoms with Crippen molar-refractivity contribution in [3.63, 3.8) is 0 Å². The Morgan fingerprint density at radius 2 is 1.91 bits per heavy atom. The van der Waals surface area contributed by atoms with E-state index in [-0.39, 0.29) is 23.7 Å². The minimum atomic E-state index is -4.53. The Hall–Kier alpha value is -2.18. The van der Waals surface area contributed by atoms with Crippen LogP contribution in [-0.4, -0.2) is 16.5 Å². The van der Waals surface area contributed by atoms with Gasteiger partial charge in [0.15, 0.2) is 0 Å². The molecule has 1 fully saturated rings. The number of nitrogens with zero attached hydrogens (tertiary/aromatic N) is 3. The molecular formula is C16H15F4N3. The molecule has 1 aliphatic rings. The second kappa shape index (κ2) is 5.79. The smallest absolute Gasteiger partial charge is 0.333 e. The third kappa shape index (κ3) is 3.13. The van der Waals surface area contributed by atoms with Gasteiger partial charge in [0.25, 0.3) is 0 Å². The predicted octanol–water partition coefficient (Wildman–Crippen LogP) is 4.22. The zero-order chi connectivity index (χ0) is 16.6. The molecule has 7 heteroatoms. The molecule has 23 heavy (non-hydrogen) atoms. The third-order valence-electron chi connectivity index (χ3n) is 3.96. The van der Waals surface area contributed by atoms with Crippen LogP contribution in [0.2, 0.25) is 0 Å². The van der Waals surface area contributed by atoms with Gasteiger partial charge in [-0.05, 0) is 24.5 Å². The Bertz CT molecular complexity index is 702. The largest absolute Gasteiger partial charge is 0.433 e. The first-order chi connectivity index (χ1) is 10.9. The molecule has 0 bridgehead atoms. The van der Waals surface area contributed by atoms with Gasteiger partial charge in [0.2, 0.25) is 5.95 Å². The molecule has 1 saturated heterocycles. The maximum absolute atomic E-state index is 14.1. The molecule has 0 radical (unpaired) electrons. The van der Waals surface area contributed by atoms with Crippen molar-refractivity contribution >= 4 is 5.95 Å². The van der Waals surface area contributed by atoms with Crippen LogP contribution in [0.5, 0.6) is 0 Å². The molecule has 3 rings (SSSR count). The van der Waals surface area contributed by atoms with E-state index in [1.165, 1.54) is 6.07 Å². The van der Waals surface area contributed by atoms with E-state index < -0.39 is 11.9 Å². The van der Waals surface area contributed by atoms with E-state index in [0.717, 1.165) is 12.3 Å². The first-order valence-corrected chi connectivity index (χ1v) is 7.27. The molecule has 2 aromatic rings. The summed E-state index contributed by atoms with van der Waals surface area (Å²) in [5, 5.41) is 0. The molecular weight excluding hydrogens is 310 g/mol. The fourth-order valence-corrected chi connectivity index (χ4v) is 2.95. The number of alkyl halides is 3. The highest BCUT2D eigenvalue weighted by Gasteiger charge is 2.37. The van der Waals surface area contributed by atoms with E-state index in [0.29, 0.717) is 18.5 Å². The van der Waals surface area contributed by atoms with Crippen LogP contribution < -0.4 is 4.90 Å². The quantitative estimate of drug-likeness (QED) is 0.774. The molecule has 122 valence electrons. The van der Waals surface area contributed by atoms with Crippen LogP contribution in [-0.2, 0) is 6.18 Å². The zero-order valence-electron chi connectivity index (χ0n) is 12.4. The molecule has 0 unspecified atom stereocenters. The maximum Gasteiger partial charge on any atom is 0.433 e. The Morgan fingerprint density at radius 1 is 1.17 bits per heavy atom. The van der Waals surface area contributed by atoms with Gasteiger partial charge in [0, 0.05) is 18.3 Å². The second-order valence-corrected chi connectivity index (χ2v) is 5.77. The summed E-state index contributed by atoms with van der Waals surface area (Å²) in [5.74, 6) is -0.182. The molecule has 2 heterocycles. The molecule has 1 aromatic heterocycles. The third-order valence-corrected chi connectivity index (χ3v) is 3.96. The van der Waals surface area contributed by atoms with Crippen molar-refractivity contribution in [1.29, 1.82) is 0 Å². The van der Waals surface area contributed by atoms with Crippen molar-refractivity contribution in [1.82, 2.24) is 9.97 Å². The van der Waals surface area contributed by atoms with Gasteiger partial charge in [-0.3, -0.25) is 0 Å². The molecule has 1 aromatic carbocycles. The van der Waals surface area contributed by atoms with Gasteiger partial charge in [0.05, 0.1) is 6.04 Å². The Labute approximate surface area is 131 Å². The van der Waals surface area contributed by atoms with Gasteiger partial charge in [0.1, 0.15) is 11.5 Å². The van der Waals surface area contributed by atoms with Crippen LogP contribution in [0, 0.1) is 11.7 Å². The molecule has 0 amide bonds. The van der Waals surface area contributed by atoms with Gasteiger partial charge < -0.3 is 4.90 Å². The number of rotatable bonds is 2. The Kier molecular flexibility index (Phi) is 3.95. The number of aromatic nitrogens is 2. The van der Waals surface area contributed by atoms with Crippen molar-refractivity contribution < 1.29 is 17.6 Å². The van der Waals surface area contributed by atoms with E-state index in [2.05, 4.69) is 9.97 Å². The van der Waals surface area contributed by atoms with Crippen LogP contribution in [0.1, 0.15) is 30.6 Å². The summed E-state index contributed by atoms with van der Waals surface area (Å²) >= 11 is 0. The maximum atomic E-state index is 14.1. The zero-order valence-corrected chi connectivity index (χ0v) is 12.4. The van der Waals surface area contributed by atoms with Gasteiger partial charge in [-0.2, -0.15) is 13.2 Å². The average molecular weight is 325 g/mol. The van der Waals surface area contributed by atoms with Gasteiger partial charge in [-0.15, -0.1) is 0 Å². The van der Waals surface area contributed by atoms with E-state index in [1.54, 1.807) is 23.1 Å². The lowest BCUT2D eigenvalue weighted by atomic mass is 10.0. The molecule has 0 N–H and O–H groups in total. The highest BCUT2D eigenvalue weighted by molar-refractivity contribution is 5.40. The van der Waals surface area contributed by atoms with Crippen LogP contribution in [0.3, 0.4) is 0 Å². The minimum absolute atomic E-state index is 0.0163. The summed E-state index contributed by atoms with van der Waals surface area (Å²) < 4.78 is 52.6. The second-order valence-electron chi connectivity index (χ2n) is 5.77. The molecule has 0 aliphatic carbocycles. The van der Waals surface area contributed by atoms with Crippen LogP contribution in [0.15, 0.2) is 36.5 Å². The summed E-state index contributed by atoms with van der Waals surface area (Å²) in [5.41, 5.74) is -0.535. The number of hydrogen-bond acceptors (Lipinski definition) is 3. The normalized spacial score (nSPS) is 21.7. The highest BCUT2D eigenvalue weighted by atomic mass is 19.4. The lowest BCUT2D eigenvalue weighted by Crippen LogP contribution is -2.26. The number of halogens is 4. The first-order valence-electron chi connectivity index (χ1n) is 7.27. The lowest BCUT2D eigenvalue weighted by molar-refractivity contribution is -0.141. The Morgan fingerprint density at radius 3 is 2.61 bits per heavy atom. The van der Waals surface area contributed by atoms with Crippen molar-refractivity contribution in [3.8, 4) is 0 Å². The van der Waals surface area contributed by atoms with E-state index in [1.807, 2.05) is 6.92 Å². The van der Waals surface area contributed by atoms with Crippen LogP contribution in [0.25, 0.3) is 0 Å². The highest BCUT2D eigenvalue weighted by Crippen LogP contribution is 2.39. The first kappa shape index (κ1) is 15.7. The van der Waals surface area contributed by atoms with Crippen LogP contribution in [0.4, 0.5) is 23.5 Å². The predicted molar refractivity (Wildman–Crippen MR) is 77.3 cm³/mol. The summed E-state index contributed by atoms with van der Waals surface area (Å²) in [6.07, 6.45) is -2.80. The molecule has 3 nitrogen and oxygen atoms in total. The number of benzene rings is 1.